The maximum atomic E-state index is 6.57. The van der Waals surface area contributed by atoms with Crippen molar-refractivity contribution in [3.05, 3.63) is 51.8 Å². The van der Waals surface area contributed by atoms with Gasteiger partial charge in [-0.3, -0.25) is 0 Å². The van der Waals surface area contributed by atoms with Crippen molar-refractivity contribution in [1.82, 2.24) is 9.88 Å². The number of halogens is 1. The van der Waals surface area contributed by atoms with Crippen molar-refractivity contribution in [3.8, 4) is 5.69 Å². The number of hydrogen-bond donors (Lipinski definition) is 1. The first-order valence-corrected chi connectivity index (χ1v) is 10.1. The predicted molar refractivity (Wildman–Crippen MR) is 110 cm³/mol. The zero-order valence-electron chi connectivity index (χ0n) is 16.8. The van der Waals surface area contributed by atoms with Crippen molar-refractivity contribution in [2.45, 2.75) is 60.3 Å². The minimum atomic E-state index is 0.346. The van der Waals surface area contributed by atoms with Gasteiger partial charge in [-0.1, -0.05) is 39.3 Å². The van der Waals surface area contributed by atoms with Gasteiger partial charge in [-0.15, -0.1) is 0 Å². The molecule has 4 rings (SSSR count). The van der Waals surface area contributed by atoms with E-state index < -0.39 is 0 Å². The second kappa shape index (κ2) is 7.97. The van der Waals surface area contributed by atoms with Crippen LogP contribution >= 0.6 is 11.6 Å². The molecule has 1 aromatic heterocycles. The van der Waals surface area contributed by atoms with Crippen LogP contribution in [0.4, 0.5) is 0 Å². The standard InChI is InChI=1S/C18H21ClN2.2C2H6/c1-11-4-5-12(2)21(11)15-6-16(13(3)17(19)7-15)18-8-14(18)9-20-10-18;2*1-2/h4-7,14,20H,8-10H2,1-3H3;2*1-2H3. The van der Waals surface area contributed by atoms with Crippen LogP contribution < -0.4 is 5.32 Å². The van der Waals surface area contributed by atoms with E-state index in [0.29, 0.717) is 5.41 Å². The van der Waals surface area contributed by atoms with E-state index in [2.05, 4.69) is 54.9 Å². The molecule has 2 nitrogen and oxygen atoms in total. The van der Waals surface area contributed by atoms with Gasteiger partial charge in [-0.25, -0.2) is 0 Å². The minimum absolute atomic E-state index is 0.346. The highest BCUT2D eigenvalue weighted by Gasteiger charge is 2.58. The third-order valence-corrected chi connectivity index (χ3v) is 5.85. The van der Waals surface area contributed by atoms with E-state index in [4.69, 9.17) is 11.6 Å². The van der Waals surface area contributed by atoms with Crippen LogP contribution in [-0.4, -0.2) is 17.7 Å². The quantitative estimate of drug-likeness (QED) is 0.698. The lowest BCUT2D eigenvalue weighted by Gasteiger charge is -2.20. The SMILES string of the molecule is CC.CC.Cc1c(Cl)cc(-n2c(C)ccc2C)cc1C12CNCC1C2. The minimum Gasteiger partial charge on any atom is -0.318 e. The molecule has 1 saturated heterocycles. The Bertz CT molecular complexity index is 712. The maximum Gasteiger partial charge on any atom is 0.0472 e. The van der Waals surface area contributed by atoms with E-state index in [1.165, 1.54) is 34.6 Å². The first-order valence-electron chi connectivity index (χ1n) is 9.69. The Kier molecular flexibility index (Phi) is 6.40. The average molecular weight is 361 g/mol. The van der Waals surface area contributed by atoms with Gasteiger partial charge in [0.05, 0.1) is 0 Å². The summed E-state index contributed by atoms with van der Waals surface area (Å²) in [5.74, 6) is 0.800. The zero-order chi connectivity index (χ0) is 18.8. The number of benzene rings is 1. The fraction of sp³-hybridized carbons (Fsp3) is 0.545. The first kappa shape index (κ1) is 20.1. The summed E-state index contributed by atoms with van der Waals surface area (Å²) in [6, 6.07) is 8.81. The average Bonchev–Trinajstić information content (AvgIpc) is 3.01. The molecule has 3 heteroatoms. The molecule has 0 radical (unpaired) electrons. The van der Waals surface area contributed by atoms with Crippen molar-refractivity contribution >= 4 is 11.6 Å². The number of aryl methyl sites for hydroxylation is 2. The molecular weight excluding hydrogens is 328 g/mol. The molecule has 2 aliphatic rings. The Hall–Kier alpha value is -1.25. The van der Waals surface area contributed by atoms with Gasteiger partial charge in [-0.2, -0.15) is 0 Å². The van der Waals surface area contributed by atoms with E-state index in [1.54, 1.807) is 0 Å². The predicted octanol–water partition coefficient (Wildman–Crippen LogP) is 5.97. The first-order chi connectivity index (χ1) is 12.0. The van der Waals surface area contributed by atoms with Crippen molar-refractivity contribution < 1.29 is 0 Å². The third-order valence-electron chi connectivity index (χ3n) is 5.46. The Morgan fingerprint density at radius 2 is 1.64 bits per heavy atom. The van der Waals surface area contributed by atoms with Crippen molar-refractivity contribution in [3.63, 3.8) is 0 Å². The van der Waals surface area contributed by atoms with Crippen LogP contribution in [0.15, 0.2) is 24.3 Å². The molecule has 2 atom stereocenters. The number of nitrogens with one attached hydrogen (secondary N) is 1. The van der Waals surface area contributed by atoms with Gasteiger partial charge in [0, 0.05) is 34.1 Å². The molecule has 1 saturated carbocycles. The zero-order valence-corrected chi connectivity index (χ0v) is 17.6. The van der Waals surface area contributed by atoms with Gasteiger partial charge in [0.25, 0.3) is 0 Å². The van der Waals surface area contributed by atoms with E-state index in [0.717, 1.165) is 24.0 Å². The van der Waals surface area contributed by atoms with E-state index in [9.17, 15) is 0 Å². The smallest absolute Gasteiger partial charge is 0.0472 e. The Balaban J connectivity index is 0.000000528. The molecule has 2 fully saturated rings. The van der Waals surface area contributed by atoms with E-state index >= 15 is 0 Å². The van der Waals surface area contributed by atoms with Gasteiger partial charge in [0.1, 0.15) is 0 Å². The van der Waals surface area contributed by atoms with E-state index in [-0.39, 0.29) is 0 Å². The number of hydrogen-bond acceptors (Lipinski definition) is 1. The molecule has 2 aromatic rings. The van der Waals surface area contributed by atoms with Crippen LogP contribution in [0.2, 0.25) is 5.02 Å². The molecule has 0 spiro atoms. The third kappa shape index (κ3) is 3.39. The summed E-state index contributed by atoms with van der Waals surface area (Å²) < 4.78 is 2.30. The molecule has 2 unspecified atom stereocenters. The maximum absolute atomic E-state index is 6.57. The lowest BCUT2D eigenvalue weighted by Crippen LogP contribution is -2.20. The molecule has 138 valence electrons. The molecule has 0 amide bonds. The Morgan fingerprint density at radius 3 is 2.12 bits per heavy atom. The lowest BCUT2D eigenvalue weighted by atomic mass is 9.90. The number of nitrogens with zero attached hydrogens (tertiary/aromatic N) is 1. The van der Waals surface area contributed by atoms with Crippen LogP contribution in [-0.2, 0) is 5.41 Å². The van der Waals surface area contributed by atoms with Gasteiger partial charge in [-0.05, 0) is 75.0 Å². The summed E-state index contributed by atoms with van der Waals surface area (Å²) in [4.78, 5) is 0. The van der Waals surface area contributed by atoms with Gasteiger partial charge in [0.2, 0.25) is 0 Å². The molecule has 25 heavy (non-hydrogen) atoms. The van der Waals surface area contributed by atoms with Gasteiger partial charge in [0.15, 0.2) is 0 Å². The second-order valence-electron chi connectivity index (χ2n) is 6.74. The van der Waals surface area contributed by atoms with Gasteiger partial charge < -0.3 is 9.88 Å². The molecule has 1 aliphatic carbocycles. The van der Waals surface area contributed by atoms with Crippen molar-refractivity contribution in [2.75, 3.05) is 13.1 Å². The van der Waals surface area contributed by atoms with Crippen LogP contribution in [0.1, 0.15) is 56.6 Å². The molecular formula is C22H33ClN2. The fourth-order valence-electron chi connectivity index (χ4n) is 4.15. The summed E-state index contributed by atoms with van der Waals surface area (Å²) in [5, 5.41) is 4.43. The van der Waals surface area contributed by atoms with Crippen LogP contribution in [0, 0.1) is 26.7 Å². The monoisotopic (exact) mass is 360 g/mol. The molecule has 2 heterocycles. The van der Waals surface area contributed by atoms with Crippen molar-refractivity contribution in [2.24, 2.45) is 5.92 Å². The Morgan fingerprint density at radius 1 is 1.04 bits per heavy atom. The van der Waals surface area contributed by atoms with Crippen LogP contribution in [0.3, 0.4) is 0 Å². The van der Waals surface area contributed by atoms with Crippen LogP contribution in [0.25, 0.3) is 5.69 Å². The molecule has 1 N–H and O–H groups in total. The second-order valence-corrected chi connectivity index (χ2v) is 7.15. The van der Waals surface area contributed by atoms with Crippen LogP contribution in [0.5, 0.6) is 0 Å². The van der Waals surface area contributed by atoms with Gasteiger partial charge >= 0.3 is 0 Å². The summed E-state index contributed by atoms with van der Waals surface area (Å²) in [6.45, 7) is 16.7. The van der Waals surface area contributed by atoms with Crippen molar-refractivity contribution in [1.29, 1.82) is 0 Å². The normalized spacial score (nSPS) is 23.1. The highest BCUT2D eigenvalue weighted by Crippen LogP contribution is 2.58. The fourth-order valence-corrected chi connectivity index (χ4v) is 4.36. The summed E-state index contributed by atoms with van der Waals surface area (Å²) in [7, 11) is 0. The van der Waals surface area contributed by atoms with E-state index in [1.807, 2.05) is 27.7 Å². The number of aromatic nitrogens is 1. The largest absolute Gasteiger partial charge is 0.318 e. The highest BCUT2D eigenvalue weighted by molar-refractivity contribution is 6.31. The number of piperidine rings is 1. The number of fused-ring (bicyclic) bond motifs is 1. The lowest BCUT2D eigenvalue weighted by molar-refractivity contribution is 0.671. The molecule has 1 aromatic carbocycles. The Labute approximate surface area is 158 Å². The summed E-state index contributed by atoms with van der Waals surface area (Å²) in [5.41, 5.74) is 6.77. The number of rotatable bonds is 2. The summed E-state index contributed by atoms with van der Waals surface area (Å²) >= 11 is 6.57. The summed E-state index contributed by atoms with van der Waals surface area (Å²) in [6.07, 6.45) is 1.31. The molecule has 0 bridgehead atoms. The topological polar surface area (TPSA) is 17.0 Å². The highest BCUT2D eigenvalue weighted by atomic mass is 35.5. The molecule has 1 aliphatic heterocycles.